The number of hydrogen-bond acceptors (Lipinski definition) is 14. The van der Waals surface area contributed by atoms with E-state index >= 15 is 0 Å². The van der Waals surface area contributed by atoms with E-state index in [1.165, 1.54) is 16.2 Å². The lowest BCUT2D eigenvalue weighted by atomic mass is 9.39. The molecule has 4 N–H and O–H groups in total. The maximum Gasteiger partial charge on any atom is 0.409 e. The van der Waals surface area contributed by atoms with Crippen molar-refractivity contribution >= 4 is 77.8 Å². The standard InChI is InChI=1S/C62H72N9O10S2/c1-6-83(78,79)29-11-7-8-20-52(72)63-25-23-53(73)65-44-16-12-14-42(30-44)33-80-58(77)69(5)27-28-81-62-37-59(3)34-60(4,38-62)36-61(35-59,39-62)40-71-41(2)47(31-64-71)45-21-22-51(67-54(45)56(75)76)70-26-24-43-15-13-17-46(48(43)32-70)55(74)68-57-66-49-18-9-10-19-50(49)82-57/h6,9-10,12-15,17-19,21-22,30-31H,1,7-8,11,20,23-29,32-40H2,2-5H3,(H,63,72)(H,65,73)(H,75,76)(H,66,68,74). The monoisotopic (exact) mass is 1170 g/mol. The average Bonchev–Trinajstić information content (AvgIpc) is 1.70. The van der Waals surface area contributed by atoms with Gasteiger partial charge in [-0.15, -0.1) is 0 Å². The minimum Gasteiger partial charge on any atom is -0.476 e. The number of thiazole rings is 1. The molecule has 2 unspecified atom stereocenters. The minimum atomic E-state index is -3.25. The van der Waals surface area contributed by atoms with E-state index in [4.69, 9.17) is 19.6 Å². The lowest BCUT2D eigenvalue weighted by Gasteiger charge is -2.69. The van der Waals surface area contributed by atoms with Crippen LogP contribution < -0.4 is 20.9 Å². The van der Waals surface area contributed by atoms with Crippen LogP contribution in [0.25, 0.3) is 21.3 Å². The number of nitrogens with zero attached hydrogens (tertiary/aromatic N) is 6. The highest BCUT2D eigenvalue weighted by molar-refractivity contribution is 7.94. The number of rotatable bonds is 24. The fraction of sp³-hybridized carbons (Fsp3) is 0.452. The van der Waals surface area contributed by atoms with Gasteiger partial charge in [0.15, 0.2) is 20.7 Å². The largest absolute Gasteiger partial charge is 0.476 e. The summed E-state index contributed by atoms with van der Waals surface area (Å²) < 4.78 is 38.7. The topological polar surface area (TPSA) is 244 Å². The molecule has 83 heavy (non-hydrogen) atoms. The molecule has 3 aromatic heterocycles. The number of aromatic nitrogens is 4. The number of pyridine rings is 1. The third-order valence-electron chi connectivity index (χ3n) is 16.9. The zero-order valence-corrected chi connectivity index (χ0v) is 49.2. The van der Waals surface area contributed by atoms with Crippen LogP contribution in [0.5, 0.6) is 0 Å². The zero-order chi connectivity index (χ0) is 58.7. The Bertz CT molecular complexity index is 3550. The van der Waals surface area contributed by atoms with Crippen LogP contribution in [-0.2, 0) is 55.0 Å². The SMILES string of the molecule is C=CS(=O)(=O)CCCCCC(=O)NCCC(=O)Nc1[c]ccc(COC(=O)N(C)CCOC23CC4(C)CC(C)(CC(Cn5ncc(-c6ccc(N7CCc8cccc(C(=O)Nc9nc%10ccccc%10s9)c8C7)nc6C(=O)O)c5C)(C4)C2)C3)c1. The van der Waals surface area contributed by atoms with Crippen LogP contribution in [0.4, 0.5) is 21.4 Å². The number of para-hydroxylation sites is 1. The van der Waals surface area contributed by atoms with Crippen LogP contribution >= 0.6 is 11.3 Å². The Morgan fingerprint density at radius 3 is 2.47 bits per heavy atom. The Hall–Kier alpha value is -7.49. The molecule has 4 aliphatic carbocycles. The van der Waals surface area contributed by atoms with Gasteiger partial charge in [0, 0.05) is 92.2 Å². The van der Waals surface area contributed by atoms with Gasteiger partial charge in [0.05, 0.1) is 34.4 Å². The summed E-state index contributed by atoms with van der Waals surface area (Å²) in [5.41, 5.74) is 5.89. The van der Waals surface area contributed by atoms with Crippen molar-refractivity contribution in [3.05, 3.63) is 131 Å². The van der Waals surface area contributed by atoms with Crippen LogP contribution in [0, 0.1) is 29.2 Å². The maximum atomic E-state index is 13.8. The van der Waals surface area contributed by atoms with E-state index in [0.29, 0.717) is 97.4 Å². The molecule has 4 saturated carbocycles. The van der Waals surface area contributed by atoms with Gasteiger partial charge in [0.2, 0.25) is 11.8 Å². The lowest BCUT2D eigenvalue weighted by Crippen LogP contribution is -2.64. The van der Waals surface area contributed by atoms with Gasteiger partial charge in [-0.25, -0.2) is 28.0 Å². The first-order chi connectivity index (χ1) is 39.6. The number of carbonyl (C=O) groups is 5. The Morgan fingerprint density at radius 1 is 0.904 bits per heavy atom. The van der Waals surface area contributed by atoms with E-state index in [1.54, 1.807) is 31.4 Å². The molecule has 0 spiro atoms. The summed E-state index contributed by atoms with van der Waals surface area (Å²) in [6.07, 6.45) is 9.56. The molecule has 2 atom stereocenters. The summed E-state index contributed by atoms with van der Waals surface area (Å²) in [4.78, 5) is 77.9. The molecule has 4 fully saturated rings. The highest BCUT2D eigenvalue weighted by Gasteiger charge is 2.66. The number of benzene rings is 3. The van der Waals surface area contributed by atoms with E-state index in [2.05, 4.69) is 47.4 Å². The van der Waals surface area contributed by atoms with Gasteiger partial charge in [-0.1, -0.05) is 74.6 Å². The number of ether oxygens (including phenoxy) is 2. The molecule has 6 aromatic rings. The Kier molecular flexibility index (Phi) is 17.0. The number of aromatic carboxylic acids is 1. The molecule has 19 nitrogen and oxygen atoms in total. The van der Waals surface area contributed by atoms with Gasteiger partial charge in [-0.3, -0.25) is 24.4 Å². The highest BCUT2D eigenvalue weighted by Crippen LogP contribution is 2.72. The Balaban J connectivity index is 0.723. The van der Waals surface area contributed by atoms with Crippen LogP contribution in [0.1, 0.15) is 128 Å². The number of likely N-dealkylation sites (N-methyl/N-ethyl adjacent to an activating group) is 1. The zero-order valence-electron chi connectivity index (χ0n) is 47.6. The first-order valence-electron chi connectivity index (χ1n) is 28.4. The first kappa shape index (κ1) is 58.7. The van der Waals surface area contributed by atoms with Crippen molar-refractivity contribution in [3.8, 4) is 11.1 Å². The van der Waals surface area contributed by atoms with E-state index in [0.717, 1.165) is 71.0 Å². The number of carboxylic acid groups (broad SMARTS) is 1. The predicted molar refractivity (Wildman–Crippen MR) is 318 cm³/mol. The molecule has 3 aromatic carbocycles. The fourth-order valence-corrected chi connectivity index (χ4v) is 15.9. The second-order valence-electron chi connectivity index (χ2n) is 24.0. The molecule has 1 aliphatic heterocycles. The molecule has 1 radical (unpaired) electrons. The van der Waals surface area contributed by atoms with Gasteiger partial charge in [0.1, 0.15) is 12.4 Å². The number of fused-ring (bicyclic) bond motifs is 2. The molecular weight excluding hydrogens is 1090 g/mol. The van der Waals surface area contributed by atoms with Crippen molar-refractivity contribution in [2.24, 2.45) is 16.2 Å². The van der Waals surface area contributed by atoms with Crippen molar-refractivity contribution in [2.45, 2.75) is 123 Å². The van der Waals surface area contributed by atoms with Crippen molar-refractivity contribution in [3.63, 3.8) is 0 Å². The highest BCUT2D eigenvalue weighted by atomic mass is 32.2. The predicted octanol–water partition coefficient (Wildman–Crippen LogP) is 10.1. The second-order valence-corrected chi connectivity index (χ2v) is 27.1. The number of hydrogen-bond donors (Lipinski definition) is 4. The second kappa shape index (κ2) is 24.0. The Morgan fingerprint density at radius 2 is 1.70 bits per heavy atom. The normalized spacial score (nSPS) is 21.5. The molecule has 11 rings (SSSR count). The maximum absolute atomic E-state index is 13.8. The molecule has 4 bridgehead atoms. The fourth-order valence-electron chi connectivity index (χ4n) is 14.3. The number of unbranched alkanes of at least 4 members (excludes halogenated alkanes) is 2. The van der Waals surface area contributed by atoms with Crippen LogP contribution in [0.3, 0.4) is 0 Å². The van der Waals surface area contributed by atoms with Crippen molar-refractivity contribution in [2.75, 3.05) is 54.6 Å². The quantitative estimate of drug-likeness (QED) is 0.0412. The van der Waals surface area contributed by atoms with Gasteiger partial charge >= 0.3 is 12.1 Å². The van der Waals surface area contributed by atoms with Gasteiger partial charge in [-0.2, -0.15) is 5.10 Å². The van der Waals surface area contributed by atoms with Gasteiger partial charge < -0.3 is 35.0 Å². The summed E-state index contributed by atoms with van der Waals surface area (Å²) >= 11 is 1.42. The van der Waals surface area contributed by atoms with Crippen molar-refractivity contribution in [1.82, 2.24) is 30.0 Å². The van der Waals surface area contributed by atoms with Crippen LogP contribution in [-0.4, -0.2) is 113 Å². The van der Waals surface area contributed by atoms with Crippen LogP contribution in [0.2, 0.25) is 0 Å². The summed E-state index contributed by atoms with van der Waals surface area (Å²) in [6, 6.07) is 25.2. The Labute approximate surface area is 488 Å². The number of carbonyl (C=O) groups excluding carboxylic acids is 4. The smallest absolute Gasteiger partial charge is 0.409 e. The molecular formula is C62H72N9O10S2. The summed E-state index contributed by atoms with van der Waals surface area (Å²) in [5.74, 6) is -1.41. The number of amides is 4. The van der Waals surface area contributed by atoms with Gasteiger partial charge in [0.25, 0.3) is 5.91 Å². The molecule has 0 saturated heterocycles. The first-order valence-corrected chi connectivity index (χ1v) is 30.9. The van der Waals surface area contributed by atoms with Crippen molar-refractivity contribution in [1.29, 1.82) is 0 Å². The van der Waals surface area contributed by atoms with E-state index < -0.39 is 27.5 Å². The summed E-state index contributed by atoms with van der Waals surface area (Å²) in [7, 11) is -1.57. The van der Waals surface area contributed by atoms with Crippen molar-refractivity contribution < 1.29 is 47.0 Å². The van der Waals surface area contributed by atoms with E-state index in [1.807, 2.05) is 71.1 Å². The number of anilines is 3. The van der Waals surface area contributed by atoms with Gasteiger partial charge in [-0.05, 0) is 134 Å². The molecule has 5 aliphatic rings. The summed E-state index contributed by atoms with van der Waals surface area (Å²) in [6.45, 7) is 12.4. The molecule has 437 valence electrons. The lowest BCUT2D eigenvalue weighted by molar-refractivity contribution is -0.248. The minimum absolute atomic E-state index is 0.00662. The summed E-state index contributed by atoms with van der Waals surface area (Å²) in [5, 5.41) is 25.6. The third-order valence-corrected chi connectivity index (χ3v) is 19.2. The van der Waals surface area contributed by atoms with E-state index in [-0.39, 0.29) is 71.4 Å². The van der Waals surface area contributed by atoms with E-state index in [9.17, 15) is 37.5 Å². The molecule has 4 heterocycles. The number of nitrogens with one attached hydrogen (secondary N) is 3. The number of sulfone groups is 1. The average molecular weight is 1170 g/mol. The van der Waals surface area contributed by atoms with Crippen LogP contribution in [0.15, 0.2) is 91.0 Å². The number of carboxylic acids is 1. The molecule has 4 amide bonds. The third kappa shape index (κ3) is 13.6. The molecule has 21 heteroatoms.